The van der Waals surface area contributed by atoms with E-state index in [9.17, 15) is 18.0 Å². The molecule has 2 aromatic carbocycles. The number of carbonyl (C=O) groups excluding carboxylic acids is 1. The summed E-state index contributed by atoms with van der Waals surface area (Å²) >= 11 is 3.09. The SMILES string of the molecule is O=C(Nc1cc(-c2cc(F)cc(F)c2)[nH]n1)c1cc2c(F)c(Br)ccc2[nH]1. The third kappa shape index (κ3) is 3.33. The van der Waals surface area contributed by atoms with Crippen LogP contribution in [0.4, 0.5) is 19.0 Å². The molecular formula is C18H10BrF3N4O. The number of carbonyl (C=O) groups is 1. The summed E-state index contributed by atoms with van der Waals surface area (Å²) in [6.07, 6.45) is 0. The maximum absolute atomic E-state index is 14.1. The van der Waals surface area contributed by atoms with E-state index in [0.29, 0.717) is 15.7 Å². The summed E-state index contributed by atoms with van der Waals surface area (Å²) in [5.74, 6) is -2.31. The molecular weight excluding hydrogens is 425 g/mol. The van der Waals surface area contributed by atoms with Crippen molar-refractivity contribution < 1.29 is 18.0 Å². The van der Waals surface area contributed by atoms with Gasteiger partial charge in [0.15, 0.2) is 5.82 Å². The lowest BCUT2D eigenvalue weighted by atomic mass is 10.1. The standard InChI is InChI=1S/C18H10BrF3N4O/c19-12-1-2-13-11(17(12)22)6-15(23-13)18(27)24-16-7-14(25-26-16)8-3-9(20)5-10(21)4-8/h1-7,23H,(H2,24,25,26,27). The van der Waals surface area contributed by atoms with Gasteiger partial charge in [0.25, 0.3) is 5.91 Å². The van der Waals surface area contributed by atoms with Crippen molar-refractivity contribution in [3.63, 3.8) is 0 Å². The Morgan fingerprint density at radius 2 is 1.78 bits per heavy atom. The first kappa shape index (κ1) is 17.3. The lowest BCUT2D eigenvalue weighted by molar-refractivity contribution is 0.102. The molecule has 0 saturated carbocycles. The highest BCUT2D eigenvalue weighted by Gasteiger charge is 2.15. The Hall–Kier alpha value is -3.07. The van der Waals surface area contributed by atoms with E-state index in [0.717, 1.165) is 18.2 Å². The highest BCUT2D eigenvalue weighted by molar-refractivity contribution is 9.10. The number of H-pyrrole nitrogens is 2. The van der Waals surface area contributed by atoms with E-state index in [1.54, 1.807) is 6.07 Å². The van der Waals surface area contributed by atoms with Crippen molar-refractivity contribution >= 4 is 38.6 Å². The summed E-state index contributed by atoms with van der Waals surface area (Å²) in [5, 5.41) is 9.32. The van der Waals surface area contributed by atoms with Crippen LogP contribution < -0.4 is 5.32 Å². The fourth-order valence-corrected chi connectivity index (χ4v) is 3.04. The smallest absolute Gasteiger partial charge is 0.273 e. The van der Waals surface area contributed by atoms with Crippen molar-refractivity contribution in [1.82, 2.24) is 15.2 Å². The van der Waals surface area contributed by atoms with Crippen LogP contribution >= 0.6 is 15.9 Å². The molecule has 4 aromatic rings. The molecule has 0 fully saturated rings. The van der Waals surface area contributed by atoms with Gasteiger partial charge in [-0.1, -0.05) is 0 Å². The molecule has 27 heavy (non-hydrogen) atoms. The topological polar surface area (TPSA) is 73.6 Å². The van der Waals surface area contributed by atoms with E-state index in [4.69, 9.17) is 0 Å². The Morgan fingerprint density at radius 3 is 2.52 bits per heavy atom. The zero-order chi connectivity index (χ0) is 19.1. The maximum Gasteiger partial charge on any atom is 0.273 e. The molecule has 0 radical (unpaired) electrons. The normalized spacial score (nSPS) is 11.1. The van der Waals surface area contributed by atoms with Gasteiger partial charge >= 0.3 is 0 Å². The average molecular weight is 435 g/mol. The Labute approximate surface area is 158 Å². The molecule has 0 spiro atoms. The van der Waals surface area contributed by atoms with Crippen LogP contribution in [0.5, 0.6) is 0 Å². The minimum absolute atomic E-state index is 0.142. The van der Waals surface area contributed by atoms with Crippen molar-refractivity contribution in [3.8, 4) is 11.3 Å². The number of nitrogens with zero attached hydrogens (tertiary/aromatic N) is 1. The van der Waals surface area contributed by atoms with Gasteiger partial charge in [-0.05, 0) is 46.3 Å². The fraction of sp³-hybridized carbons (Fsp3) is 0. The van der Waals surface area contributed by atoms with Gasteiger partial charge in [-0.15, -0.1) is 0 Å². The van der Waals surface area contributed by atoms with Crippen LogP contribution in [-0.2, 0) is 0 Å². The van der Waals surface area contributed by atoms with Crippen LogP contribution in [0.1, 0.15) is 10.5 Å². The molecule has 136 valence electrons. The number of halogens is 4. The molecule has 0 aliphatic carbocycles. The quantitative estimate of drug-likeness (QED) is 0.424. The molecule has 0 bridgehead atoms. The number of amides is 1. The molecule has 2 heterocycles. The van der Waals surface area contributed by atoms with Crippen LogP contribution in [0.25, 0.3) is 22.2 Å². The van der Waals surface area contributed by atoms with E-state index < -0.39 is 23.4 Å². The van der Waals surface area contributed by atoms with Crippen LogP contribution in [-0.4, -0.2) is 21.1 Å². The number of hydrogen-bond donors (Lipinski definition) is 3. The summed E-state index contributed by atoms with van der Waals surface area (Å²) in [7, 11) is 0. The molecule has 0 unspecified atom stereocenters. The van der Waals surface area contributed by atoms with Crippen LogP contribution in [0, 0.1) is 17.5 Å². The molecule has 9 heteroatoms. The van der Waals surface area contributed by atoms with Crippen LogP contribution in [0.3, 0.4) is 0 Å². The Morgan fingerprint density at radius 1 is 1.04 bits per heavy atom. The van der Waals surface area contributed by atoms with Crippen molar-refractivity contribution in [3.05, 3.63) is 70.1 Å². The first-order valence-electron chi connectivity index (χ1n) is 7.70. The number of nitrogens with one attached hydrogen (secondary N) is 3. The van der Waals surface area contributed by atoms with Gasteiger partial charge in [-0.2, -0.15) is 5.10 Å². The first-order valence-corrected chi connectivity index (χ1v) is 8.50. The summed E-state index contributed by atoms with van der Waals surface area (Å²) < 4.78 is 41.0. The third-order valence-electron chi connectivity index (χ3n) is 3.93. The van der Waals surface area contributed by atoms with E-state index in [1.165, 1.54) is 18.2 Å². The molecule has 5 nitrogen and oxygen atoms in total. The molecule has 0 aliphatic heterocycles. The van der Waals surface area contributed by atoms with Gasteiger partial charge in [0.05, 0.1) is 10.2 Å². The lowest BCUT2D eigenvalue weighted by Crippen LogP contribution is -2.12. The lowest BCUT2D eigenvalue weighted by Gasteiger charge is -1.99. The largest absolute Gasteiger partial charge is 0.350 e. The second kappa shape index (κ2) is 6.58. The highest BCUT2D eigenvalue weighted by Crippen LogP contribution is 2.26. The van der Waals surface area contributed by atoms with Gasteiger partial charge < -0.3 is 10.3 Å². The number of rotatable bonds is 3. The van der Waals surface area contributed by atoms with Crippen molar-refractivity contribution in [2.24, 2.45) is 0 Å². The molecule has 2 aromatic heterocycles. The first-order chi connectivity index (χ1) is 12.9. The maximum atomic E-state index is 14.1. The van der Waals surface area contributed by atoms with Gasteiger partial charge in [-0.3, -0.25) is 9.89 Å². The molecule has 0 saturated heterocycles. The van der Waals surface area contributed by atoms with Crippen molar-refractivity contribution in [2.45, 2.75) is 0 Å². The van der Waals surface area contributed by atoms with Gasteiger partial charge in [0, 0.05) is 28.6 Å². The van der Waals surface area contributed by atoms with E-state index in [2.05, 4.69) is 36.4 Å². The second-order valence-electron chi connectivity index (χ2n) is 5.78. The predicted molar refractivity (Wildman–Crippen MR) is 97.8 cm³/mol. The van der Waals surface area contributed by atoms with E-state index in [1.807, 2.05) is 0 Å². The Bertz CT molecular complexity index is 1160. The number of fused-ring (bicyclic) bond motifs is 1. The number of hydrogen-bond acceptors (Lipinski definition) is 2. The summed E-state index contributed by atoms with van der Waals surface area (Å²) in [6.45, 7) is 0. The molecule has 3 N–H and O–H groups in total. The monoisotopic (exact) mass is 434 g/mol. The second-order valence-corrected chi connectivity index (χ2v) is 6.64. The predicted octanol–water partition coefficient (Wildman–Crippen LogP) is 4.99. The van der Waals surface area contributed by atoms with Gasteiger partial charge in [0.2, 0.25) is 0 Å². The third-order valence-corrected chi connectivity index (χ3v) is 4.54. The van der Waals surface area contributed by atoms with Crippen LogP contribution in [0.15, 0.2) is 46.9 Å². The van der Waals surface area contributed by atoms with Gasteiger partial charge in [0.1, 0.15) is 23.1 Å². The zero-order valence-corrected chi connectivity index (χ0v) is 15.0. The minimum Gasteiger partial charge on any atom is -0.350 e. The summed E-state index contributed by atoms with van der Waals surface area (Å²) in [4.78, 5) is 15.2. The molecule has 0 atom stereocenters. The van der Waals surface area contributed by atoms with Crippen molar-refractivity contribution in [2.75, 3.05) is 5.32 Å². The average Bonchev–Trinajstić information content (AvgIpc) is 3.24. The van der Waals surface area contributed by atoms with Crippen LogP contribution in [0.2, 0.25) is 0 Å². The highest BCUT2D eigenvalue weighted by atomic mass is 79.9. The van der Waals surface area contributed by atoms with Gasteiger partial charge in [-0.25, -0.2) is 13.2 Å². The van der Waals surface area contributed by atoms with E-state index >= 15 is 0 Å². The number of aromatic amines is 2. The van der Waals surface area contributed by atoms with Crippen molar-refractivity contribution in [1.29, 1.82) is 0 Å². The number of anilines is 1. The number of aromatic nitrogens is 3. The minimum atomic E-state index is -0.726. The fourth-order valence-electron chi connectivity index (χ4n) is 2.69. The van der Waals surface area contributed by atoms with E-state index in [-0.39, 0.29) is 22.5 Å². The molecule has 0 aliphatic rings. The Kier molecular flexibility index (Phi) is 4.23. The summed E-state index contributed by atoms with van der Waals surface area (Å²) in [5.41, 5.74) is 1.19. The molecule has 1 amide bonds. The zero-order valence-electron chi connectivity index (χ0n) is 13.4. The molecule has 4 rings (SSSR count). The Balaban J connectivity index is 1.59. The summed E-state index contributed by atoms with van der Waals surface area (Å²) in [6, 6.07) is 9.04. The number of benzene rings is 2.